The first-order valence-corrected chi connectivity index (χ1v) is 8.27. The minimum Gasteiger partial charge on any atom is -0.493 e. The van der Waals surface area contributed by atoms with Gasteiger partial charge in [0.1, 0.15) is 0 Å². The fourth-order valence-corrected chi connectivity index (χ4v) is 3.88. The molecule has 4 unspecified atom stereocenters. The van der Waals surface area contributed by atoms with Crippen molar-refractivity contribution in [2.24, 2.45) is 5.92 Å². The summed E-state index contributed by atoms with van der Waals surface area (Å²) in [6.45, 7) is 6.21. The van der Waals surface area contributed by atoms with Crippen molar-refractivity contribution in [2.45, 2.75) is 64.3 Å². The molecule has 2 aliphatic rings. The Kier molecular flexibility index (Phi) is 4.50. The number of ether oxygens (including phenoxy) is 2. The van der Waals surface area contributed by atoms with Gasteiger partial charge in [-0.25, -0.2) is 0 Å². The molecule has 3 heterocycles. The number of hydrogen-bond donors (Lipinski definition) is 1. The quantitative estimate of drug-likeness (QED) is 0.839. The van der Waals surface area contributed by atoms with Crippen LogP contribution < -0.4 is 10.1 Å². The van der Waals surface area contributed by atoms with Gasteiger partial charge in [0.05, 0.1) is 37.3 Å². The first-order valence-electron chi connectivity index (χ1n) is 8.27. The molecular weight excluding hydrogens is 266 g/mol. The summed E-state index contributed by atoms with van der Waals surface area (Å²) in [5.41, 5.74) is 1.19. The zero-order valence-corrected chi connectivity index (χ0v) is 13.3. The average Bonchev–Trinajstić information content (AvgIpc) is 3.22. The van der Waals surface area contributed by atoms with Crippen molar-refractivity contribution in [3.8, 4) is 5.75 Å². The number of methoxy groups -OCH3 is 1. The van der Waals surface area contributed by atoms with Gasteiger partial charge in [-0.15, -0.1) is 0 Å². The van der Waals surface area contributed by atoms with Gasteiger partial charge in [-0.05, 0) is 39.2 Å². The highest BCUT2D eigenvalue weighted by Gasteiger charge is 2.46. The first kappa shape index (κ1) is 14.9. The molecule has 0 radical (unpaired) electrons. The van der Waals surface area contributed by atoms with Gasteiger partial charge in [0, 0.05) is 12.5 Å². The van der Waals surface area contributed by atoms with Crippen LogP contribution in [0.3, 0.4) is 0 Å². The summed E-state index contributed by atoms with van der Waals surface area (Å²) in [7, 11) is 1.73. The summed E-state index contributed by atoms with van der Waals surface area (Å²) in [6, 6.07) is 0.276. The maximum absolute atomic E-state index is 6.08. The van der Waals surface area contributed by atoms with E-state index in [-0.39, 0.29) is 6.04 Å². The van der Waals surface area contributed by atoms with Gasteiger partial charge in [0.2, 0.25) is 0 Å². The van der Waals surface area contributed by atoms with E-state index in [2.05, 4.69) is 28.9 Å². The van der Waals surface area contributed by atoms with Crippen molar-refractivity contribution in [1.82, 2.24) is 15.1 Å². The zero-order valence-electron chi connectivity index (χ0n) is 13.3. The van der Waals surface area contributed by atoms with Crippen LogP contribution in [-0.2, 0) is 11.3 Å². The maximum atomic E-state index is 6.08. The lowest BCUT2D eigenvalue weighted by atomic mass is 9.82. The molecule has 3 rings (SSSR count). The number of hydrogen-bond acceptors (Lipinski definition) is 4. The monoisotopic (exact) mass is 293 g/mol. The first-order chi connectivity index (χ1) is 10.3. The summed E-state index contributed by atoms with van der Waals surface area (Å²) in [4.78, 5) is 0. The van der Waals surface area contributed by atoms with E-state index in [1.807, 2.05) is 6.20 Å². The summed E-state index contributed by atoms with van der Waals surface area (Å²) >= 11 is 0. The van der Waals surface area contributed by atoms with E-state index in [4.69, 9.17) is 9.47 Å². The summed E-state index contributed by atoms with van der Waals surface area (Å²) in [6.07, 6.45) is 7.41. The van der Waals surface area contributed by atoms with Gasteiger partial charge in [0.15, 0.2) is 5.75 Å². The average molecular weight is 293 g/mol. The number of nitrogens with zero attached hydrogens (tertiary/aromatic N) is 2. The smallest absolute Gasteiger partial charge is 0.161 e. The molecule has 2 fully saturated rings. The number of rotatable bonds is 7. The van der Waals surface area contributed by atoms with Crippen LogP contribution in [0.15, 0.2) is 6.20 Å². The Morgan fingerprint density at radius 2 is 2.33 bits per heavy atom. The number of aromatic nitrogens is 2. The van der Waals surface area contributed by atoms with Crippen LogP contribution in [0, 0.1) is 5.92 Å². The molecule has 2 aliphatic heterocycles. The summed E-state index contributed by atoms with van der Waals surface area (Å²) in [5.74, 6) is 1.43. The predicted molar refractivity (Wildman–Crippen MR) is 81.5 cm³/mol. The Morgan fingerprint density at radius 1 is 1.48 bits per heavy atom. The summed E-state index contributed by atoms with van der Waals surface area (Å²) < 4.78 is 13.7. The highest BCUT2D eigenvalue weighted by Crippen LogP contribution is 2.46. The largest absolute Gasteiger partial charge is 0.493 e. The molecule has 0 aromatic carbocycles. The molecule has 5 nitrogen and oxygen atoms in total. The van der Waals surface area contributed by atoms with Crippen LogP contribution in [0.1, 0.15) is 51.3 Å². The highest BCUT2D eigenvalue weighted by atomic mass is 16.5. The molecule has 1 aromatic heterocycles. The van der Waals surface area contributed by atoms with E-state index in [9.17, 15) is 0 Å². The van der Waals surface area contributed by atoms with Crippen LogP contribution in [-0.4, -0.2) is 35.6 Å². The molecule has 0 aliphatic carbocycles. The zero-order chi connectivity index (χ0) is 14.8. The van der Waals surface area contributed by atoms with Crippen LogP contribution in [0.4, 0.5) is 0 Å². The van der Waals surface area contributed by atoms with Crippen LogP contribution >= 0.6 is 0 Å². The van der Waals surface area contributed by atoms with E-state index in [0.717, 1.165) is 31.7 Å². The SMILES string of the molecule is CCCNC(c1c(OC)cnn1CC)C1CC2CCC1O2. The number of nitrogens with one attached hydrogen (secondary N) is 1. The second-order valence-electron chi connectivity index (χ2n) is 6.12. The fourth-order valence-electron chi connectivity index (χ4n) is 3.88. The van der Waals surface area contributed by atoms with E-state index in [1.54, 1.807) is 7.11 Å². The molecule has 1 N–H and O–H groups in total. The van der Waals surface area contributed by atoms with Crippen molar-refractivity contribution in [3.05, 3.63) is 11.9 Å². The van der Waals surface area contributed by atoms with E-state index < -0.39 is 0 Å². The molecule has 2 bridgehead atoms. The third-order valence-electron chi connectivity index (χ3n) is 4.85. The van der Waals surface area contributed by atoms with E-state index in [1.165, 1.54) is 18.5 Å². The predicted octanol–water partition coefficient (Wildman–Crippen LogP) is 2.52. The Balaban J connectivity index is 1.90. The van der Waals surface area contributed by atoms with Gasteiger partial charge in [-0.2, -0.15) is 5.10 Å². The fraction of sp³-hybridized carbons (Fsp3) is 0.812. The normalized spacial score (nSPS) is 29.0. The Morgan fingerprint density at radius 3 is 2.90 bits per heavy atom. The molecule has 118 valence electrons. The van der Waals surface area contributed by atoms with E-state index >= 15 is 0 Å². The minimum absolute atomic E-state index is 0.276. The van der Waals surface area contributed by atoms with Gasteiger partial charge in [-0.3, -0.25) is 4.68 Å². The molecular formula is C16H27N3O2. The van der Waals surface area contributed by atoms with Crippen molar-refractivity contribution < 1.29 is 9.47 Å². The second kappa shape index (κ2) is 6.36. The van der Waals surface area contributed by atoms with E-state index in [0.29, 0.717) is 18.1 Å². The standard InChI is InChI=1S/C16H27N3O2/c1-4-8-17-15(12-9-11-6-7-13(12)21-11)16-14(20-3)10-18-19(16)5-2/h10-13,15,17H,4-9H2,1-3H3. The van der Waals surface area contributed by atoms with Gasteiger partial charge >= 0.3 is 0 Å². The van der Waals surface area contributed by atoms with Crippen molar-refractivity contribution in [1.29, 1.82) is 0 Å². The molecule has 4 atom stereocenters. The summed E-state index contributed by atoms with van der Waals surface area (Å²) in [5, 5.41) is 8.21. The lowest BCUT2D eigenvalue weighted by Crippen LogP contribution is -2.36. The van der Waals surface area contributed by atoms with Gasteiger partial charge in [0.25, 0.3) is 0 Å². The number of aryl methyl sites for hydroxylation is 1. The molecule has 0 spiro atoms. The Labute approximate surface area is 127 Å². The molecule has 21 heavy (non-hydrogen) atoms. The lowest BCUT2D eigenvalue weighted by molar-refractivity contribution is 0.0847. The lowest BCUT2D eigenvalue weighted by Gasteiger charge is -2.30. The Hall–Kier alpha value is -1.07. The molecule has 1 aromatic rings. The molecule has 2 saturated heterocycles. The minimum atomic E-state index is 0.276. The van der Waals surface area contributed by atoms with Crippen LogP contribution in [0.25, 0.3) is 0 Å². The van der Waals surface area contributed by atoms with Crippen LogP contribution in [0.5, 0.6) is 5.75 Å². The van der Waals surface area contributed by atoms with Crippen molar-refractivity contribution in [3.63, 3.8) is 0 Å². The van der Waals surface area contributed by atoms with Crippen molar-refractivity contribution >= 4 is 0 Å². The molecule has 0 saturated carbocycles. The third kappa shape index (κ3) is 2.69. The topological polar surface area (TPSA) is 48.3 Å². The molecule has 0 amide bonds. The van der Waals surface area contributed by atoms with Gasteiger partial charge < -0.3 is 14.8 Å². The highest BCUT2D eigenvalue weighted by molar-refractivity contribution is 5.29. The van der Waals surface area contributed by atoms with Gasteiger partial charge in [-0.1, -0.05) is 6.92 Å². The number of fused-ring (bicyclic) bond motifs is 2. The molecule has 5 heteroatoms. The Bertz CT molecular complexity index is 453. The second-order valence-corrected chi connectivity index (χ2v) is 6.12. The maximum Gasteiger partial charge on any atom is 0.161 e. The van der Waals surface area contributed by atoms with Crippen molar-refractivity contribution in [2.75, 3.05) is 13.7 Å². The third-order valence-corrected chi connectivity index (χ3v) is 4.85. The van der Waals surface area contributed by atoms with Crippen LogP contribution in [0.2, 0.25) is 0 Å².